The van der Waals surface area contributed by atoms with E-state index in [0.717, 1.165) is 23.1 Å². The highest BCUT2D eigenvalue weighted by atomic mass is 32.2. The van der Waals surface area contributed by atoms with Gasteiger partial charge in [-0.2, -0.15) is 5.26 Å². The largest absolute Gasteiger partial charge is 0.390 e. The third-order valence-corrected chi connectivity index (χ3v) is 5.74. The van der Waals surface area contributed by atoms with Crippen molar-refractivity contribution in [3.63, 3.8) is 0 Å². The van der Waals surface area contributed by atoms with E-state index in [2.05, 4.69) is 15.6 Å². The van der Waals surface area contributed by atoms with Crippen molar-refractivity contribution in [2.24, 2.45) is 5.92 Å². The van der Waals surface area contributed by atoms with E-state index in [9.17, 15) is 5.11 Å². The number of rotatable bonds is 6. The number of aliphatic hydroxyl groups excluding tert-OH is 1. The first-order valence-corrected chi connectivity index (χ1v) is 9.56. The van der Waals surface area contributed by atoms with Crippen molar-refractivity contribution < 1.29 is 5.11 Å². The van der Waals surface area contributed by atoms with Gasteiger partial charge < -0.3 is 9.67 Å². The number of nitriles is 1. The number of benzene rings is 1. The molecule has 3 rings (SSSR count). The summed E-state index contributed by atoms with van der Waals surface area (Å²) in [6.07, 6.45) is 8.35. The average Bonchev–Trinajstić information content (AvgIpc) is 3.03. The first kappa shape index (κ1) is 17.1. The van der Waals surface area contributed by atoms with Gasteiger partial charge >= 0.3 is 0 Å². The van der Waals surface area contributed by atoms with Crippen molar-refractivity contribution >= 4 is 11.8 Å². The van der Waals surface area contributed by atoms with Crippen LogP contribution < -0.4 is 0 Å². The van der Waals surface area contributed by atoms with Crippen molar-refractivity contribution in [1.82, 2.24) is 9.55 Å². The van der Waals surface area contributed by atoms with Crippen LogP contribution in [0, 0.1) is 17.2 Å². The van der Waals surface area contributed by atoms with Gasteiger partial charge in [0.15, 0.2) is 5.16 Å². The minimum absolute atomic E-state index is 0.0388. The molecule has 0 spiro atoms. The lowest BCUT2D eigenvalue weighted by atomic mass is 9.89. The van der Waals surface area contributed by atoms with E-state index in [0.29, 0.717) is 11.5 Å². The highest BCUT2D eigenvalue weighted by Gasteiger charge is 2.18. The fraction of sp³-hybridized carbons (Fsp3) is 0.474. The molecule has 1 fully saturated rings. The van der Waals surface area contributed by atoms with Crippen LogP contribution in [-0.2, 0) is 18.9 Å². The Morgan fingerprint density at radius 3 is 2.62 bits per heavy atom. The lowest BCUT2D eigenvalue weighted by molar-refractivity contribution is 0.255. The maximum Gasteiger partial charge on any atom is 0.168 e. The molecule has 126 valence electrons. The molecule has 1 aromatic carbocycles. The van der Waals surface area contributed by atoms with Crippen LogP contribution in [0.5, 0.6) is 0 Å². The molecule has 0 radical (unpaired) electrons. The molecule has 1 aliphatic rings. The third-order valence-electron chi connectivity index (χ3n) is 4.68. The standard InChI is InChI=1S/C19H23N3OS/c20-10-15-6-8-17(9-7-15)14-24-19-21-11-18(13-23)22(19)12-16-4-2-1-3-5-16/h6-9,11,16,23H,1-5,12-14H2. The van der Waals surface area contributed by atoms with Crippen LogP contribution >= 0.6 is 11.8 Å². The minimum atomic E-state index is 0.0388. The van der Waals surface area contributed by atoms with Crippen molar-refractivity contribution in [2.75, 3.05) is 0 Å². The zero-order valence-corrected chi connectivity index (χ0v) is 14.6. The quantitative estimate of drug-likeness (QED) is 0.803. The Morgan fingerprint density at radius 2 is 1.96 bits per heavy atom. The predicted molar refractivity (Wildman–Crippen MR) is 95.4 cm³/mol. The second-order valence-corrected chi connectivity index (χ2v) is 7.34. The first-order valence-electron chi connectivity index (χ1n) is 8.57. The van der Waals surface area contributed by atoms with Gasteiger partial charge in [0, 0.05) is 12.3 Å². The zero-order valence-electron chi connectivity index (χ0n) is 13.8. The fourth-order valence-corrected chi connectivity index (χ4v) is 4.24. The lowest BCUT2D eigenvalue weighted by Crippen LogP contribution is -2.16. The molecule has 1 aliphatic carbocycles. The SMILES string of the molecule is N#Cc1ccc(CSc2ncc(CO)n2CC2CCCCC2)cc1. The summed E-state index contributed by atoms with van der Waals surface area (Å²) >= 11 is 1.70. The molecule has 0 bridgehead atoms. The van der Waals surface area contributed by atoms with Crippen LogP contribution in [0.3, 0.4) is 0 Å². The number of aliphatic hydroxyl groups is 1. The summed E-state index contributed by atoms with van der Waals surface area (Å²) < 4.78 is 2.20. The normalized spacial score (nSPS) is 15.3. The topological polar surface area (TPSA) is 61.8 Å². The summed E-state index contributed by atoms with van der Waals surface area (Å²) in [5.74, 6) is 1.52. The van der Waals surface area contributed by atoms with E-state index in [1.807, 2.05) is 24.3 Å². The maximum atomic E-state index is 9.60. The second-order valence-electron chi connectivity index (χ2n) is 6.40. The molecule has 4 nitrogen and oxygen atoms in total. The van der Waals surface area contributed by atoms with Crippen molar-refractivity contribution in [3.05, 3.63) is 47.3 Å². The molecule has 0 aliphatic heterocycles. The molecule has 1 aromatic heterocycles. The van der Waals surface area contributed by atoms with Crippen LogP contribution in [0.4, 0.5) is 0 Å². The maximum absolute atomic E-state index is 9.60. The smallest absolute Gasteiger partial charge is 0.168 e. The molecule has 0 atom stereocenters. The van der Waals surface area contributed by atoms with E-state index < -0.39 is 0 Å². The zero-order chi connectivity index (χ0) is 16.8. The van der Waals surface area contributed by atoms with Crippen LogP contribution in [-0.4, -0.2) is 14.7 Å². The summed E-state index contributed by atoms with van der Waals surface area (Å²) in [7, 11) is 0. The fourth-order valence-electron chi connectivity index (χ4n) is 3.28. The summed E-state index contributed by atoms with van der Waals surface area (Å²) in [6, 6.07) is 9.83. The summed E-state index contributed by atoms with van der Waals surface area (Å²) in [5.41, 5.74) is 2.77. The van der Waals surface area contributed by atoms with Gasteiger partial charge in [-0.3, -0.25) is 0 Å². The van der Waals surface area contributed by atoms with E-state index >= 15 is 0 Å². The molecule has 1 saturated carbocycles. The predicted octanol–water partition coefficient (Wildman–Crippen LogP) is 4.12. The van der Waals surface area contributed by atoms with E-state index in [1.54, 1.807) is 18.0 Å². The highest BCUT2D eigenvalue weighted by molar-refractivity contribution is 7.98. The van der Waals surface area contributed by atoms with E-state index in [-0.39, 0.29) is 6.61 Å². The Morgan fingerprint density at radius 1 is 1.21 bits per heavy atom. The van der Waals surface area contributed by atoms with Gasteiger partial charge in [0.2, 0.25) is 0 Å². The highest BCUT2D eigenvalue weighted by Crippen LogP contribution is 2.29. The Hall–Kier alpha value is -1.77. The van der Waals surface area contributed by atoms with Gasteiger partial charge in [-0.25, -0.2) is 4.98 Å². The van der Waals surface area contributed by atoms with E-state index in [4.69, 9.17) is 5.26 Å². The molecule has 2 aromatic rings. The molecular weight excluding hydrogens is 318 g/mol. The van der Waals surface area contributed by atoms with Gasteiger partial charge in [0.1, 0.15) is 0 Å². The van der Waals surface area contributed by atoms with Crippen LogP contribution in [0.25, 0.3) is 0 Å². The monoisotopic (exact) mass is 341 g/mol. The molecule has 5 heteroatoms. The molecule has 0 amide bonds. The van der Waals surface area contributed by atoms with Crippen molar-refractivity contribution in [3.8, 4) is 6.07 Å². The minimum Gasteiger partial charge on any atom is -0.390 e. The Kier molecular flexibility index (Phi) is 5.95. The molecule has 0 unspecified atom stereocenters. The van der Waals surface area contributed by atoms with Crippen molar-refractivity contribution in [2.45, 2.75) is 56.2 Å². The summed E-state index contributed by atoms with van der Waals surface area (Å²) in [5, 5.41) is 19.5. The first-order chi connectivity index (χ1) is 11.8. The van der Waals surface area contributed by atoms with Crippen LogP contribution in [0.1, 0.15) is 48.9 Å². The molecule has 1 N–H and O–H groups in total. The second kappa shape index (κ2) is 8.36. The molecule has 24 heavy (non-hydrogen) atoms. The summed E-state index contributed by atoms with van der Waals surface area (Å²) in [4.78, 5) is 4.51. The number of hydrogen-bond acceptors (Lipinski definition) is 4. The third kappa shape index (κ3) is 4.19. The number of aromatic nitrogens is 2. The van der Waals surface area contributed by atoms with Crippen molar-refractivity contribution in [1.29, 1.82) is 5.26 Å². The van der Waals surface area contributed by atoms with Gasteiger partial charge in [0.05, 0.1) is 30.1 Å². The van der Waals surface area contributed by atoms with Gasteiger partial charge in [-0.05, 0) is 36.5 Å². The Labute approximate surface area is 147 Å². The van der Waals surface area contributed by atoms with Gasteiger partial charge in [-0.1, -0.05) is 43.2 Å². The van der Waals surface area contributed by atoms with E-state index in [1.165, 1.54) is 37.7 Å². The van der Waals surface area contributed by atoms with Gasteiger partial charge in [0.25, 0.3) is 0 Å². The van der Waals surface area contributed by atoms with Gasteiger partial charge in [-0.15, -0.1) is 0 Å². The number of imidazole rings is 1. The molecule has 1 heterocycles. The number of hydrogen-bond donors (Lipinski definition) is 1. The van der Waals surface area contributed by atoms with Crippen LogP contribution in [0.2, 0.25) is 0 Å². The summed E-state index contributed by atoms with van der Waals surface area (Å²) in [6.45, 7) is 1.00. The van der Waals surface area contributed by atoms with Crippen LogP contribution in [0.15, 0.2) is 35.6 Å². The molecule has 0 saturated heterocycles. The average molecular weight is 341 g/mol. The Balaban J connectivity index is 1.68. The number of nitrogens with zero attached hydrogens (tertiary/aromatic N) is 3. The number of thioether (sulfide) groups is 1. The molecular formula is C19H23N3OS. The Bertz CT molecular complexity index is 696. The lowest BCUT2D eigenvalue weighted by Gasteiger charge is -2.23.